The number of nitrogens with zero attached hydrogens (tertiary/aromatic N) is 4. The van der Waals surface area contributed by atoms with Crippen LogP contribution in [0, 0.1) is 0 Å². The number of nitrogen functional groups attached to an aromatic ring is 1. The second kappa shape index (κ2) is 5.48. The number of methoxy groups -OCH3 is 1. The lowest BCUT2D eigenvalue weighted by molar-refractivity contribution is 0.417. The molecule has 0 aliphatic heterocycles. The van der Waals surface area contributed by atoms with Gasteiger partial charge >= 0.3 is 0 Å². The molecule has 0 amide bonds. The summed E-state index contributed by atoms with van der Waals surface area (Å²) in [5, 5.41) is 11.8. The van der Waals surface area contributed by atoms with Gasteiger partial charge in [0.05, 0.1) is 18.4 Å². The quantitative estimate of drug-likeness (QED) is 0.814. The summed E-state index contributed by atoms with van der Waals surface area (Å²) in [7, 11) is 1.59. The minimum Gasteiger partial charge on any atom is -0.494 e. The lowest BCUT2D eigenvalue weighted by atomic mass is 10.1. The van der Waals surface area contributed by atoms with Crippen LogP contribution in [0.4, 0.5) is 5.69 Å². The summed E-state index contributed by atoms with van der Waals surface area (Å²) < 4.78 is 7.10. The highest BCUT2D eigenvalue weighted by Gasteiger charge is 2.15. The van der Waals surface area contributed by atoms with Crippen molar-refractivity contribution in [3.63, 3.8) is 0 Å². The Bertz CT molecular complexity index is 523. The van der Waals surface area contributed by atoms with Crippen LogP contribution in [0.5, 0.6) is 5.75 Å². The first-order chi connectivity index (χ1) is 8.77. The van der Waals surface area contributed by atoms with Crippen LogP contribution in [-0.2, 0) is 6.54 Å². The predicted octanol–water partition coefficient (Wildman–Crippen LogP) is 1.73. The summed E-state index contributed by atoms with van der Waals surface area (Å²) >= 11 is 0. The van der Waals surface area contributed by atoms with E-state index in [-0.39, 0.29) is 0 Å². The van der Waals surface area contributed by atoms with Crippen molar-refractivity contribution in [1.29, 1.82) is 0 Å². The molecule has 0 aliphatic carbocycles. The third kappa shape index (κ3) is 2.27. The highest BCUT2D eigenvalue weighted by atomic mass is 16.5. The number of anilines is 1. The smallest absolute Gasteiger partial charge is 0.185 e. The molecule has 6 heteroatoms. The first kappa shape index (κ1) is 12.3. The molecule has 0 aliphatic rings. The van der Waals surface area contributed by atoms with Gasteiger partial charge in [-0.05, 0) is 29.0 Å². The van der Waals surface area contributed by atoms with E-state index >= 15 is 0 Å². The molecular weight excluding hydrogens is 230 g/mol. The number of unbranched alkanes of at least 4 members (excludes halogenated alkanes) is 1. The van der Waals surface area contributed by atoms with E-state index in [0.717, 1.165) is 24.9 Å². The number of hydrogen-bond acceptors (Lipinski definition) is 5. The number of para-hydroxylation sites is 1. The largest absolute Gasteiger partial charge is 0.494 e. The average Bonchev–Trinajstić information content (AvgIpc) is 2.84. The monoisotopic (exact) mass is 247 g/mol. The number of ether oxygens (including phenoxy) is 1. The van der Waals surface area contributed by atoms with E-state index < -0.39 is 0 Å². The molecule has 2 aromatic rings. The first-order valence-corrected chi connectivity index (χ1v) is 5.97. The number of tetrazole rings is 1. The number of hydrogen-bond donors (Lipinski definition) is 1. The molecule has 1 heterocycles. The van der Waals surface area contributed by atoms with Crippen molar-refractivity contribution in [2.75, 3.05) is 12.8 Å². The van der Waals surface area contributed by atoms with Gasteiger partial charge in [-0.25, -0.2) is 4.68 Å². The highest BCUT2D eigenvalue weighted by molar-refractivity contribution is 5.73. The van der Waals surface area contributed by atoms with E-state index in [9.17, 15) is 0 Å². The molecule has 2 rings (SSSR count). The second-order valence-electron chi connectivity index (χ2n) is 4.01. The molecule has 2 N–H and O–H groups in total. The maximum Gasteiger partial charge on any atom is 0.185 e. The fourth-order valence-corrected chi connectivity index (χ4v) is 1.81. The van der Waals surface area contributed by atoms with Crippen LogP contribution in [0.2, 0.25) is 0 Å². The molecule has 0 spiro atoms. The third-order valence-electron chi connectivity index (χ3n) is 2.75. The standard InChI is InChI=1S/C12H17N5O/c1-3-4-8-17-12(14-15-16-17)9-6-5-7-10(13)11(9)18-2/h5-7H,3-4,8,13H2,1-2H3. The zero-order valence-electron chi connectivity index (χ0n) is 10.6. The van der Waals surface area contributed by atoms with Crippen LogP contribution in [0.1, 0.15) is 19.8 Å². The van der Waals surface area contributed by atoms with Crippen molar-refractivity contribution in [3.8, 4) is 17.1 Å². The zero-order valence-corrected chi connectivity index (χ0v) is 10.6. The van der Waals surface area contributed by atoms with Gasteiger partial charge in [-0.2, -0.15) is 0 Å². The van der Waals surface area contributed by atoms with Crippen molar-refractivity contribution in [1.82, 2.24) is 20.2 Å². The Morgan fingerprint density at radius 1 is 1.39 bits per heavy atom. The molecule has 96 valence electrons. The van der Waals surface area contributed by atoms with Crippen LogP contribution in [0.3, 0.4) is 0 Å². The molecule has 0 bridgehead atoms. The highest BCUT2D eigenvalue weighted by Crippen LogP contribution is 2.33. The van der Waals surface area contributed by atoms with Crippen LogP contribution in [0.25, 0.3) is 11.4 Å². The number of aromatic nitrogens is 4. The number of rotatable bonds is 5. The van der Waals surface area contributed by atoms with E-state index in [2.05, 4.69) is 22.4 Å². The van der Waals surface area contributed by atoms with Gasteiger partial charge in [0, 0.05) is 6.54 Å². The molecule has 0 atom stereocenters. The Morgan fingerprint density at radius 3 is 2.94 bits per heavy atom. The maximum atomic E-state index is 5.89. The summed E-state index contributed by atoms with van der Waals surface area (Å²) in [6.07, 6.45) is 2.12. The van der Waals surface area contributed by atoms with E-state index in [1.807, 2.05) is 12.1 Å². The fourth-order valence-electron chi connectivity index (χ4n) is 1.81. The summed E-state index contributed by atoms with van der Waals surface area (Å²) in [6, 6.07) is 5.57. The minimum atomic E-state index is 0.583. The summed E-state index contributed by atoms with van der Waals surface area (Å²) in [4.78, 5) is 0. The molecule has 6 nitrogen and oxygen atoms in total. The Kier molecular flexibility index (Phi) is 3.76. The average molecular weight is 247 g/mol. The molecule has 0 radical (unpaired) electrons. The number of nitrogens with two attached hydrogens (primary N) is 1. The lowest BCUT2D eigenvalue weighted by Gasteiger charge is -2.10. The minimum absolute atomic E-state index is 0.583. The summed E-state index contributed by atoms with van der Waals surface area (Å²) in [6.45, 7) is 2.92. The summed E-state index contributed by atoms with van der Waals surface area (Å²) in [5.74, 6) is 1.30. The molecule has 0 unspecified atom stereocenters. The van der Waals surface area contributed by atoms with Crippen molar-refractivity contribution in [2.24, 2.45) is 0 Å². The summed E-state index contributed by atoms with van der Waals surface area (Å²) in [5.41, 5.74) is 7.29. The Labute approximate surface area is 106 Å². The molecule has 0 saturated heterocycles. The van der Waals surface area contributed by atoms with E-state index in [1.165, 1.54) is 0 Å². The van der Waals surface area contributed by atoms with E-state index in [4.69, 9.17) is 10.5 Å². The molecule has 1 aromatic carbocycles. The van der Waals surface area contributed by atoms with Crippen LogP contribution >= 0.6 is 0 Å². The normalized spacial score (nSPS) is 10.6. The van der Waals surface area contributed by atoms with Gasteiger partial charge in [0.2, 0.25) is 0 Å². The van der Waals surface area contributed by atoms with Crippen LogP contribution in [0.15, 0.2) is 18.2 Å². The topological polar surface area (TPSA) is 78.9 Å². The molecular formula is C12H17N5O. The Balaban J connectivity index is 2.42. The van der Waals surface area contributed by atoms with Crippen molar-refractivity contribution in [3.05, 3.63) is 18.2 Å². The van der Waals surface area contributed by atoms with Crippen LogP contribution in [-0.4, -0.2) is 27.3 Å². The number of benzene rings is 1. The molecule has 18 heavy (non-hydrogen) atoms. The Hall–Kier alpha value is -2.11. The van der Waals surface area contributed by atoms with E-state index in [0.29, 0.717) is 17.3 Å². The van der Waals surface area contributed by atoms with Crippen molar-refractivity contribution in [2.45, 2.75) is 26.3 Å². The predicted molar refractivity (Wildman–Crippen MR) is 69.1 cm³/mol. The van der Waals surface area contributed by atoms with Gasteiger partial charge in [-0.3, -0.25) is 0 Å². The second-order valence-corrected chi connectivity index (χ2v) is 4.01. The molecule has 0 saturated carbocycles. The van der Waals surface area contributed by atoms with Crippen molar-refractivity contribution >= 4 is 5.69 Å². The molecule has 0 fully saturated rings. The van der Waals surface area contributed by atoms with Gasteiger partial charge < -0.3 is 10.5 Å². The SMILES string of the molecule is CCCCn1nnnc1-c1cccc(N)c1OC. The van der Waals surface area contributed by atoms with Gasteiger partial charge in [-0.1, -0.05) is 19.4 Å². The lowest BCUT2D eigenvalue weighted by Crippen LogP contribution is -2.04. The zero-order chi connectivity index (χ0) is 13.0. The van der Waals surface area contributed by atoms with Gasteiger partial charge in [0.1, 0.15) is 0 Å². The third-order valence-corrected chi connectivity index (χ3v) is 2.75. The van der Waals surface area contributed by atoms with Gasteiger partial charge in [-0.15, -0.1) is 5.10 Å². The van der Waals surface area contributed by atoms with Crippen LogP contribution < -0.4 is 10.5 Å². The maximum absolute atomic E-state index is 5.89. The Morgan fingerprint density at radius 2 is 2.22 bits per heavy atom. The molecule has 1 aromatic heterocycles. The first-order valence-electron chi connectivity index (χ1n) is 5.97. The fraction of sp³-hybridized carbons (Fsp3) is 0.417. The van der Waals surface area contributed by atoms with Crippen molar-refractivity contribution < 1.29 is 4.74 Å². The van der Waals surface area contributed by atoms with Gasteiger partial charge in [0.25, 0.3) is 0 Å². The van der Waals surface area contributed by atoms with E-state index in [1.54, 1.807) is 17.9 Å². The number of aryl methyl sites for hydroxylation is 1. The van der Waals surface area contributed by atoms with Gasteiger partial charge in [0.15, 0.2) is 11.6 Å².